The van der Waals surface area contributed by atoms with Crippen molar-refractivity contribution < 1.29 is 19.1 Å². The minimum atomic E-state index is -0.350. The van der Waals surface area contributed by atoms with Gasteiger partial charge in [-0.2, -0.15) is 0 Å². The molecule has 0 aliphatic carbocycles. The smallest absolute Gasteiger partial charge is 0.306 e. The number of methoxy groups -OCH3 is 1. The van der Waals surface area contributed by atoms with Crippen molar-refractivity contribution in [3.8, 4) is 0 Å². The van der Waals surface area contributed by atoms with E-state index in [0.717, 1.165) is 6.42 Å². The number of hydrogen-bond donors (Lipinski definition) is 0. The number of carbonyl (C=O) groups excluding carboxylic acids is 2. The summed E-state index contributed by atoms with van der Waals surface area (Å²) in [5, 5.41) is 0. The zero-order valence-corrected chi connectivity index (χ0v) is 12.3. The second-order valence-corrected chi connectivity index (χ2v) is 5.10. The SMILES string of the molecule is COC(=O)CCC(=O)N1CCOC(Cc2ccccc2)C1. The lowest BCUT2D eigenvalue weighted by Gasteiger charge is -2.33. The van der Waals surface area contributed by atoms with Crippen LogP contribution in [0.4, 0.5) is 0 Å². The Morgan fingerprint density at radius 2 is 2.05 bits per heavy atom. The number of morpholine rings is 1. The summed E-state index contributed by atoms with van der Waals surface area (Å²) in [4.78, 5) is 24.9. The van der Waals surface area contributed by atoms with Gasteiger partial charge in [0.1, 0.15) is 0 Å². The first-order valence-electron chi connectivity index (χ1n) is 7.19. The van der Waals surface area contributed by atoms with E-state index in [2.05, 4.69) is 16.9 Å². The molecular formula is C16H21NO4. The zero-order valence-electron chi connectivity index (χ0n) is 12.3. The fourth-order valence-electron chi connectivity index (χ4n) is 2.42. The number of carbonyl (C=O) groups is 2. The summed E-state index contributed by atoms with van der Waals surface area (Å²) in [6.07, 6.45) is 1.14. The third kappa shape index (κ3) is 4.86. The van der Waals surface area contributed by atoms with Gasteiger partial charge in [0.25, 0.3) is 0 Å². The number of amides is 1. The summed E-state index contributed by atoms with van der Waals surface area (Å²) >= 11 is 0. The van der Waals surface area contributed by atoms with Gasteiger partial charge < -0.3 is 14.4 Å². The molecule has 0 radical (unpaired) electrons. The first-order chi connectivity index (χ1) is 10.2. The van der Waals surface area contributed by atoms with Crippen LogP contribution in [0, 0.1) is 0 Å². The Hall–Kier alpha value is -1.88. The van der Waals surface area contributed by atoms with Crippen LogP contribution in [0.5, 0.6) is 0 Å². The van der Waals surface area contributed by atoms with Crippen LogP contribution in [0.3, 0.4) is 0 Å². The van der Waals surface area contributed by atoms with Crippen molar-refractivity contribution in [1.29, 1.82) is 0 Å². The molecule has 1 amide bonds. The molecule has 5 nitrogen and oxygen atoms in total. The summed E-state index contributed by atoms with van der Waals surface area (Å²) in [6, 6.07) is 10.1. The van der Waals surface area contributed by atoms with Crippen molar-refractivity contribution in [1.82, 2.24) is 4.90 Å². The number of nitrogens with zero attached hydrogens (tertiary/aromatic N) is 1. The minimum absolute atomic E-state index is 0.0123. The van der Waals surface area contributed by atoms with Gasteiger partial charge in [0.15, 0.2) is 0 Å². The number of ether oxygens (including phenoxy) is 2. The van der Waals surface area contributed by atoms with Crippen molar-refractivity contribution in [2.45, 2.75) is 25.4 Å². The normalized spacial score (nSPS) is 18.3. The lowest BCUT2D eigenvalue weighted by molar-refractivity contribution is -0.145. The highest BCUT2D eigenvalue weighted by Crippen LogP contribution is 2.13. The summed E-state index contributed by atoms with van der Waals surface area (Å²) < 4.78 is 10.3. The van der Waals surface area contributed by atoms with E-state index in [1.807, 2.05) is 18.2 Å². The molecule has 2 rings (SSSR count). The highest BCUT2D eigenvalue weighted by atomic mass is 16.5. The van der Waals surface area contributed by atoms with Gasteiger partial charge in [0.2, 0.25) is 5.91 Å². The molecule has 1 aliphatic heterocycles. The van der Waals surface area contributed by atoms with Crippen molar-refractivity contribution >= 4 is 11.9 Å². The van der Waals surface area contributed by atoms with E-state index in [9.17, 15) is 9.59 Å². The van der Waals surface area contributed by atoms with Crippen LogP contribution >= 0.6 is 0 Å². The minimum Gasteiger partial charge on any atom is -0.469 e. The largest absolute Gasteiger partial charge is 0.469 e. The van der Waals surface area contributed by atoms with Gasteiger partial charge >= 0.3 is 5.97 Å². The van der Waals surface area contributed by atoms with Crippen LogP contribution in [-0.4, -0.2) is 49.7 Å². The maximum Gasteiger partial charge on any atom is 0.306 e. The highest BCUT2D eigenvalue weighted by molar-refractivity contribution is 5.81. The second kappa shape index (κ2) is 7.78. The average molecular weight is 291 g/mol. The van der Waals surface area contributed by atoms with Crippen LogP contribution in [0.25, 0.3) is 0 Å². The Balaban J connectivity index is 1.82. The van der Waals surface area contributed by atoms with Gasteiger partial charge in [-0.15, -0.1) is 0 Å². The van der Waals surface area contributed by atoms with E-state index >= 15 is 0 Å². The second-order valence-electron chi connectivity index (χ2n) is 5.10. The molecule has 1 saturated heterocycles. The molecule has 114 valence electrons. The summed E-state index contributed by atoms with van der Waals surface area (Å²) in [5.74, 6) is -0.362. The quantitative estimate of drug-likeness (QED) is 0.770. The van der Waals surface area contributed by atoms with Gasteiger partial charge in [-0.1, -0.05) is 30.3 Å². The number of hydrogen-bond acceptors (Lipinski definition) is 4. The molecule has 1 heterocycles. The molecule has 0 spiro atoms. The van der Waals surface area contributed by atoms with E-state index in [0.29, 0.717) is 19.7 Å². The molecular weight excluding hydrogens is 270 g/mol. The van der Waals surface area contributed by atoms with Gasteiger partial charge in [0.05, 0.1) is 26.2 Å². The van der Waals surface area contributed by atoms with Crippen LogP contribution < -0.4 is 0 Å². The van der Waals surface area contributed by atoms with Gasteiger partial charge in [-0.3, -0.25) is 9.59 Å². The topological polar surface area (TPSA) is 55.8 Å². The molecule has 5 heteroatoms. The predicted octanol–water partition coefficient (Wildman–Crippen LogP) is 1.41. The molecule has 21 heavy (non-hydrogen) atoms. The summed E-state index contributed by atoms with van der Waals surface area (Å²) in [5.41, 5.74) is 1.20. The lowest BCUT2D eigenvalue weighted by atomic mass is 10.1. The Morgan fingerprint density at radius 3 is 2.76 bits per heavy atom. The number of rotatable bonds is 5. The fourth-order valence-corrected chi connectivity index (χ4v) is 2.42. The average Bonchev–Trinajstić information content (AvgIpc) is 2.53. The summed E-state index contributed by atoms with van der Waals surface area (Å²) in [7, 11) is 1.33. The molecule has 1 fully saturated rings. The molecule has 0 saturated carbocycles. The Kier molecular flexibility index (Phi) is 5.75. The van der Waals surface area contributed by atoms with Crippen LogP contribution in [0.15, 0.2) is 30.3 Å². The van der Waals surface area contributed by atoms with Crippen LogP contribution in [0.1, 0.15) is 18.4 Å². The molecule has 0 N–H and O–H groups in total. The fraction of sp³-hybridized carbons (Fsp3) is 0.500. The van der Waals surface area contributed by atoms with Crippen molar-refractivity contribution in [3.63, 3.8) is 0 Å². The van der Waals surface area contributed by atoms with Crippen molar-refractivity contribution in [2.75, 3.05) is 26.8 Å². The standard InChI is InChI=1S/C16H21NO4/c1-20-16(19)8-7-15(18)17-9-10-21-14(12-17)11-13-5-3-2-4-6-13/h2-6,14H,7-12H2,1H3. The van der Waals surface area contributed by atoms with E-state index in [1.165, 1.54) is 12.7 Å². The molecule has 1 aromatic rings. The predicted molar refractivity (Wildman–Crippen MR) is 77.7 cm³/mol. The lowest BCUT2D eigenvalue weighted by Crippen LogP contribution is -2.46. The maximum atomic E-state index is 12.1. The van der Waals surface area contributed by atoms with Crippen LogP contribution in [-0.2, 0) is 25.5 Å². The monoisotopic (exact) mass is 291 g/mol. The first kappa shape index (κ1) is 15.5. The van der Waals surface area contributed by atoms with E-state index in [-0.39, 0.29) is 30.8 Å². The Bertz CT molecular complexity index is 474. The molecule has 0 aromatic heterocycles. The first-order valence-corrected chi connectivity index (χ1v) is 7.19. The molecule has 1 aromatic carbocycles. The highest BCUT2D eigenvalue weighted by Gasteiger charge is 2.24. The third-order valence-corrected chi connectivity index (χ3v) is 3.57. The number of esters is 1. The van der Waals surface area contributed by atoms with Crippen LogP contribution in [0.2, 0.25) is 0 Å². The van der Waals surface area contributed by atoms with Crippen molar-refractivity contribution in [2.24, 2.45) is 0 Å². The Labute approximate surface area is 124 Å². The molecule has 0 bridgehead atoms. The molecule has 1 aliphatic rings. The van der Waals surface area contributed by atoms with E-state index < -0.39 is 0 Å². The Morgan fingerprint density at radius 1 is 1.29 bits per heavy atom. The van der Waals surface area contributed by atoms with Gasteiger partial charge in [0, 0.05) is 25.9 Å². The summed E-state index contributed by atoms with van der Waals surface area (Å²) in [6.45, 7) is 1.71. The van der Waals surface area contributed by atoms with Gasteiger partial charge in [-0.05, 0) is 5.56 Å². The molecule has 1 unspecified atom stereocenters. The maximum absolute atomic E-state index is 12.1. The zero-order chi connectivity index (χ0) is 15.1. The third-order valence-electron chi connectivity index (χ3n) is 3.57. The van der Waals surface area contributed by atoms with Crippen molar-refractivity contribution in [3.05, 3.63) is 35.9 Å². The van der Waals surface area contributed by atoms with E-state index in [4.69, 9.17) is 4.74 Å². The number of benzene rings is 1. The van der Waals surface area contributed by atoms with Gasteiger partial charge in [-0.25, -0.2) is 0 Å². The molecule has 1 atom stereocenters. The van der Waals surface area contributed by atoms with E-state index in [1.54, 1.807) is 4.90 Å².